The van der Waals surface area contributed by atoms with Crippen molar-refractivity contribution in [1.82, 2.24) is 0 Å². The van der Waals surface area contributed by atoms with Gasteiger partial charge in [-0.3, -0.25) is 9.59 Å². The molecular weight excluding hydrogens is 232 g/mol. The maximum Gasteiger partial charge on any atom is 0.301 e. The van der Waals surface area contributed by atoms with Gasteiger partial charge in [0.25, 0.3) is 0 Å². The van der Waals surface area contributed by atoms with Crippen LogP contribution in [0.25, 0.3) is 0 Å². The van der Waals surface area contributed by atoms with Crippen molar-refractivity contribution in [3.05, 3.63) is 24.3 Å². The third-order valence-electron chi connectivity index (χ3n) is 2.75. The highest BCUT2D eigenvalue weighted by Crippen LogP contribution is 2.34. The molecule has 18 heavy (non-hydrogen) atoms. The van der Waals surface area contributed by atoms with E-state index in [-0.39, 0.29) is 18.0 Å². The van der Waals surface area contributed by atoms with Crippen LogP contribution in [0.5, 0.6) is 11.5 Å². The summed E-state index contributed by atoms with van der Waals surface area (Å²) < 4.78 is 10.7. The fourth-order valence-corrected chi connectivity index (χ4v) is 1.54. The van der Waals surface area contributed by atoms with Gasteiger partial charge >= 0.3 is 6.29 Å². The number of para-hydroxylation sites is 2. The van der Waals surface area contributed by atoms with E-state index < -0.39 is 11.7 Å². The van der Waals surface area contributed by atoms with Crippen molar-refractivity contribution in [2.45, 2.75) is 33.5 Å². The Morgan fingerprint density at radius 1 is 1.11 bits per heavy atom. The molecule has 4 nitrogen and oxygen atoms in total. The van der Waals surface area contributed by atoms with Crippen LogP contribution < -0.4 is 9.47 Å². The molecule has 0 aromatic heterocycles. The first-order valence-corrected chi connectivity index (χ1v) is 5.86. The average Bonchev–Trinajstić information content (AvgIpc) is 2.71. The van der Waals surface area contributed by atoms with Crippen molar-refractivity contribution >= 4 is 11.6 Å². The Morgan fingerprint density at radius 2 is 1.61 bits per heavy atom. The summed E-state index contributed by atoms with van der Waals surface area (Å²) in [7, 11) is 0. The highest BCUT2D eigenvalue weighted by atomic mass is 16.7. The van der Waals surface area contributed by atoms with Gasteiger partial charge in [-0.05, 0) is 12.1 Å². The van der Waals surface area contributed by atoms with Gasteiger partial charge in [0.05, 0.1) is 6.42 Å². The fraction of sp³-hybridized carbons (Fsp3) is 0.429. The molecule has 1 aliphatic rings. The van der Waals surface area contributed by atoms with Crippen molar-refractivity contribution in [3.8, 4) is 11.5 Å². The van der Waals surface area contributed by atoms with E-state index in [2.05, 4.69) is 0 Å². The summed E-state index contributed by atoms with van der Waals surface area (Å²) in [5.41, 5.74) is -0.527. The lowest BCUT2D eigenvalue weighted by Crippen LogP contribution is -2.33. The van der Waals surface area contributed by atoms with Crippen LogP contribution in [0.1, 0.15) is 27.2 Å². The van der Waals surface area contributed by atoms with E-state index in [1.807, 2.05) is 0 Å². The molecule has 2 rings (SSSR count). The van der Waals surface area contributed by atoms with Gasteiger partial charge in [0.15, 0.2) is 11.5 Å². The topological polar surface area (TPSA) is 52.6 Å². The van der Waals surface area contributed by atoms with E-state index in [0.29, 0.717) is 11.5 Å². The zero-order valence-electron chi connectivity index (χ0n) is 10.7. The number of carbonyl (C=O) groups excluding carboxylic acids is 2. The monoisotopic (exact) mass is 248 g/mol. The normalized spacial score (nSPS) is 14.6. The van der Waals surface area contributed by atoms with Crippen LogP contribution in [0.2, 0.25) is 0 Å². The number of carbonyl (C=O) groups is 2. The molecule has 0 saturated carbocycles. The van der Waals surface area contributed by atoms with Gasteiger partial charge in [0.2, 0.25) is 5.78 Å². The molecule has 0 fully saturated rings. The summed E-state index contributed by atoms with van der Waals surface area (Å²) in [6, 6.07) is 7.06. The molecular formula is C14H16O4. The lowest BCUT2D eigenvalue weighted by molar-refractivity contribution is -0.140. The molecule has 0 saturated heterocycles. The second-order valence-electron chi connectivity index (χ2n) is 5.33. The molecule has 1 aromatic rings. The lowest BCUT2D eigenvalue weighted by Gasteiger charge is -2.16. The number of Topliss-reactive ketones (excluding diaryl/α,β-unsaturated/α-hetero) is 2. The van der Waals surface area contributed by atoms with Crippen LogP contribution in [0, 0.1) is 5.41 Å². The van der Waals surface area contributed by atoms with Gasteiger partial charge in [-0.15, -0.1) is 0 Å². The second kappa shape index (κ2) is 4.44. The minimum atomic E-state index is -0.992. The molecule has 0 spiro atoms. The van der Waals surface area contributed by atoms with E-state index in [9.17, 15) is 9.59 Å². The molecule has 0 amide bonds. The van der Waals surface area contributed by atoms with Crippen LogP contribution in [0.3, 0.4) is 0 Å². The van der Waals surface area contributed by atoms with Crippen molar-refractivity contribution < 1.29 is 19.1 Å². The quantitative estimate of drug-likeness (QED) is 0.770. The highest BCUT2D eigenvalue weighted by Gasteiger charge is 2.33. The molecule has 0 radical (unpaired) electrons. The Morgan fingerprint density at radius 3 is 2.06 bits per heavy atom. The van der Waals surface area contributed by atoms with Gasteiger partial charge in [0.1, 0.15) is 5.78 Å². The van der Waals surface area contributed by atoms with Crippen LogP contribution in [0.15, 0.2) is 24.3 Å². The number of rotatable bonds is 3. The van der Waals surface area contributed by atoms with E-state index in [4.69, 9.17) is 9.47 Å². The number of ether oxygens (including phenoxy) is 2. The summed E-state index contributed by atoms with van der Waals surface area (Å²) in [5, 5.41) is 0. The van der Waals surface area contributed by atoms with E-state index >= 15 is 0 Å². The van der Waals surface area contributed by atoms with E-state index in [0.717, 1.165) is 0 Å². The lowest BCUT2D eigenvalue weighted by atomic mass is 9.88. The zero-order valence-corrected chi connectivity index (χ0v) is 10.7. The highest BCUT2D eigenvalue weighted by molar-refractivity contribution is 6.03. The summed E-state index contributed by atoms with van der Waals surface area (Å²) in [6.45, 7) is 5.36. The first kappa shape index (κ1) is 12.6. The molecule has 1 aliphatic heterocycles. The molecule has 0 atom stereocenters. The predicted molar refractivity (Wildman–Crippen MR) is 65.6 cm³/mol. The summed E-state index contributed by atoms with van der Waals surface area (Å²) >= 11 is 0. The number of benzene rings is 1. The number of hydrogen-bond donors (Lipinski definition) is 0. The Bertz CT molecular complexity index is 460. The largest absolute Gasteiger partial charge is 0.444 e. The maximum atomic E-state index is 11.9. The van der Waals surface area contributed by atoms with E-state index in [1.165, 1.54) is 0 Å². The van der Waals surface area contributed by atoms with Crippen LogP contribution in [-0.2, 0) is 9.59 Å². The third kappa shape index (κ3) is 2.53. The third-order valence-corrected chi connectivity index (χ3v) is 2.75. The first-order valence-electron chi connectivity index (χ1n) is 5.86. The van der Waals surface area contributed by atoms with Crippen molar-refractivity contribution in [2.75, 3.05) is 0 Å². The van der Waals surface area contributed by atoms with Crippen LogP contribution in [0.4, 0.5) is 0 Å². The Balaban J connectivity index is 2.00. The second-order valence-corrected chi connectivity index (χ2v) is 5.33. The number of fused-ring (bicyclic) bond motifs is 1. The van der Waals surface area contributed by atoms with Gasteiger partial charge in [-0.2, -0.15) is 0 Å². The maximum absolute atomic E-state index is 11.9. The smallest absolute Gasteiger partial charge is 0.301 e. The standard InChI is InChI=1S/C14H16O4/c1-14(2,3)12(16)8-9(15)13-17-10-6-4-5-7-11(10)18-13/h4-7,13H,8H2,1-3H3. The Labute approximate surface area is 106 Å². The average molecular weight is 248 g/mol. The number of ketones is 2. The molecule has 0 N–H and O–H groups in total. The SMILES string of the molecule is CC(C)(C)C(=O)CC(=O)C1Oc2ccccc2O1. The minimum Gasteiger partial charge on any atom is -0.444 e. The molecule has 1 heterocycles. The minimum absolute atomic E-state index is 0.115. The predicted octanol–water partition coefficient (Wildman–Crippen LogP) is 2.36. The first-order chi connectivity index (χ1) is 8.38. The van der Waals surface area contributed by atoms with Crippen LogP contribution >= 0.6 is 0 Å². The summed E-state index contributed by atoms with van der Waals surface area (Å²) in [4.78, 5) is 23.7. The van der Waals surface area contributed by atoms with Crippen molar-refractivity contribution in [3.63, 3.8) is 0 Å². The van der Waals surface area contributed by atoms with Crippen LogP contribution in [-0.4, -0.2) is 17.9 Å². The molecule has 96 valence electrons. The van der Waals surface area contributed by atoms with Gasteiger partial charge in [-0.1, -0.05) is 32.9 Å². The summed E-state index contributed by atoms with van der Waals surface area (Å²) in [6.07, 6.45) is -1.16. The fourth-order valence-electron chi connectivity index (χ4n) is 1.54. The van der Waals surface area contributed by atoms with Gasteiger partial charge < -0.3 is 9.47 Å². The molecule has 0 aliphatic carbocycles. The van der Waals surface area contributed by atoms with E-state index in [1.54, 1.807) is 45.0 Å². The molecule has 0 bridgehead atoms. The van der Waals surface area contributed by atoms with Gasteiger partial charge in [-0.25, -0.2) is 0 Å². The zero-order chi connectivity index (χ0) is 13.3. The molecule has 0 unspecified atom stereocenters. The summed E-state index contributed by atoms with van der Waals surface area (Å²) in [5.74, 6) is 0.625. The number of hydrogen-bond acceptors (Lipinski definition) is 4. The Kier molecular flexibility index (Phi) is 3.11. The Hall–Kier alpha value is -1.84. The van der Waals surface area contributed by atoms with Crippen molar-refractivity contribution in [2.24, 2.45) is 5.41 Å². The molecule has 4 heteroatoms. The molecule has 1 aromatic carbocycles. The van der Waals surface area contributed by atoms with Gasteiger partial charge in [0, 0.05) is 5.41 Å². The van der Waals surface area contributed by atoms with Crippen molar-refractivity contribution in [1.29, 1.82) is 0 Å².